The van der Waals surface area contributed by atoms with Crippen LogP contribution in [0.1, 0.15) is 12.5 Å². The van der Waals surface area contributed by atoms with E-state index in [1.807, 2.05) is 37.3 Å². The summed E-state index contributed by atoms with van der Waals surface area (Å²) < 4.78 is 16.0. The molecule has 1 aromatic rings. The third kappa shape index (κ3) is 2.12. The predicted octanol–water partition coefficient (Wildman–Crippen LogP) is 2.13. The second kappa shape index (κ2) is 5.10. The second-order valence-corrected chi connectivity index (χ2v) is 2.76. The zero-order chi connectivity index (χ0) is 10.4. The first-order valence-electron chi connectivity index (χ1n) is 4.59. The Hall–Kier alpha value is -0.900. The summed E-state index contributed by atoms with van der Waals surface area (Å²) in [7, 11) is 3.12. The van der Waals surface area contributed by atoms with Crippen molar-refractivity contribution in [1.29, 1.82) is 0 Å². The molecular formula is C11H16O3. The van der Waals surface area contributed by atoms with Gasteiger partial charge in [0.05, 0.1) is 0 Å². The highest BCUT2D eigenvalue weighted by molar-refractivity contribution is 5.18. The van der Waals surface area contributed by atoms with Crippen LogP contribution in [0, 0.1) is 0 Å². The number of hydrogen-bond acceptors (Lipinski definition) is 3. The van der Waals surface area contributed by atoms with Gasteiger partial charge in [0.1, 0.15) is 0 Å². The average molecular weight is 196 g/mol. The zero-order valence-electron chi connectivity index (χ0n) is 8.82. The Morgan fingerprint density at radius 3 is 2.07 bits per heavy atom. The first kappa shape index (κ1) is 11.2. The highest BCUT2D eigenvalue weighted by atomic mass is 16.9. The molecule has 0 aliphatic rings. The summed E-state index contributed by atoms with van der Waals surface area (Å²) in [4.78, 5) is 0. The smallest absolute Gasteiger partial charge is 0.311 e. The second-order valence-electron chi connectivity index (χ2n) is 2.76. The molecule has 3 heteroatoms. The van der Waals surface area contributed by atoms with Crippen molar-refractivity contribution >= 4 is 0 Å². The number of benzene rings is 1. The van der Waals surface area contributed by atoms with Gasteiger partial charge in [0, 0.05) is 26.4 Å². The van der Waals surface area contributed by atoms with Crippen LogP contribution in [0.3, 0.4) is 0 Å². The van der Waals surface area contributed by atoms with Gasteiger partial charge in [-0.2, -0.15) is 0 Å². The number of rotatable bonds is 5. The van der Waals surface area contributed by atoms with Gasteiger partial charge in [-0.1, -0.05) is 30.3 Å². The van der Waals surface area contributed by atoms with E-state index in [4.69, 9.17) is 14.2 Å². The van der Waals surface area contributed by atoms with Crippen LogP contribution in [0.15, 0.2) is 30.3 Å². The first-order chi connectivity index (χ1) is 6.79. The molecule has 3 nitrogen and oxygen atoms in total. The van der Waals surface area contributed by atoms with Gasteiger partial charge in [-0.3, -0.25) is 0 Å². The van der Waals surface area contributed by atoms with Crippen LogP contribution in [-0.2, 0) is 20.2 Å². The third-order valence-electron chi connectivity index (χ3n) is 2.00. The molecule has 0 N–H and O–H groups in total. The van der Waals surface area contributed by atoms with E-state index in [9.17, 15) is 0 Å². The largest absolute Gasteiger partial charge is 0.327 e. The Bertz CT molecular complexity index is 254. The summed E-state index contributed by atoms with van der Waals surface area (Å²) in [5, 5.41) is 0. The van der Waals surface area contributed by atoms with Crippen LogP contribution >= 0.6 is 0 Å². The molecule has 0 aliphatic carbocycles. The fourth-order valence-electron chi connectivity index (χ4n) is 1.35. The molecule has 0 atom stereocenters. The molecular weight excluding hydrogens is 180 g/mol. The molecule has 0 fully saturated rings. The maximum absolute atomic E-state index is 5.47. The van der Waals surface area contributed by atoms with Crippen LogP contribution in [0.5, 0.6) is 0 Å². The molecule has 0 unspecified atom stereocenters. The van der Waals surface area contributed by atoms with Gasteiger partial charge in [-0.05, 0) is 6.92 Å². The van der Waals surface area contributed by atoms with E-state index in [2.05, 4.69) is 0 Å². The van der Waals surface area contributed by atoms with Crippen molar-refractivity contribution < 1.29 is 14.2 Å². The zero-order valence-corrected chi connectivity index (χ0v) is 8.82. The minimum atomic E-state index is -1.07. The topological polar surface area (TPSA) is 27.7 Å². The van der Waals surface area contributed by atoms with Gasteiger partial charge >= 0.3 is 5.97 Å². The average Bonchev–Trinajstić information content (AvgIpc) is 2.27. The number of methoxy groups -OCH3 is 2. The number of ether oxygens (including phenoxy) is 3. The van der Waals surface area contributed by atoms with E-state index < -0.39 is 5.97 Å². The SMILES string of the molecule is CCOC(OC)(OC)c1ccccc1. The van der Waals surface area contributed by atoms with Crippen LogP contribution in [0.25, 0.3) is 0 Å². The molecule has 14 heavy (non-hydrogen) atoms. The fourth-order valence-corrected chi connectivity index (χ4v) is 1.35. The first-order valence-corrected chi connectivity index (χ1v) is 4.59. The normalized spacial score (nSPS) is 11.6. The van der Waals surface area contributed by atoms with E-state index in [0.29, 0.717) is 6.61 Å². The van der Waals surface area contributed by atoms with E-state index in [0.717, 1.165) is 5.56 Å². The van der Waals surface area contributed by atoms with Crippen LogP contribution in [0.2, 0.25) is 0 Å². The molecule has 1 rings (SSSR count). The molecule has 0 amide bonds. The lowest BCUT2D eigenvalue weighted by Crippen LogP contribution is -2.34. The number of hydrogen-bond donors (Lipinski definition) is 0. The molecule has 1 aromatic carbocycles. The molecule has 0 aromatic heterocycles. The molecule has 0 bridgehead atoms. The van der Waals surface area contributed by atoms with Gasteiger partial charge in [-0.15, -0.1) is 0 Å². The Balaban J connectivity index is 2.98. The van der Waals surface area contributed by atoms with Gasteiger partial charge in [0.25, 0.3) is 0 Å². The maximum Gasteiger partial charge on any atom is 0.311 e. The molecule has 78 valence electrons. The molecule has 0 radical (unpaired) electrons. The lowest BCUT2D eigenvalue weighted by Gasteiger charge is -2.30. The molecule has 0 spiro atoms. The molecule has 0 saturated heterocycles. The quantitative estimate of drug-likeness (QED) is 0.675. The Morgan fingerprint density at radius 2 is 1.64 bits per heavy atom. The van der Waals surface area contributed by atoms with Crippen molar-refractivity contribution in [3.8, 4) is 0 Å². The summed E-state index contributed by atoms with van der Waals surface area (Å²) >= 11 is 0. The van der Waals surface area contributed by atoms with Gasteiger partial charge in [0.2, 0.25) is 0 Å². The summed E-state index contributed by atoms with van der Waals surface area (Å²) in [6.45, 7) is 2.42. The summed E-state index contributed by atoms with van der Waals surface area (Å²) in [5.41, 5.74) is 0.854. The minimum Gasteiger partial charge on any atom is -0.327 e. The molecule has 0 aliphatic heterocycles. The Kier molecular flexibility index (Phi) is 4.07. The third-order valence-corrected chi connectivity index (χ3v) is 2.00. The summed E-state index contributed by atoms with van der Waals surface area (Å²) in [5.74, 6) is -1.07. The van der Waals surface area contributed by atoms with Gasteiger partial charge in [0.15, 0.2) is 0 Å². The Morgan fingerprint density at radius 1 is 1.07 bits per heavy atom. The van der Waals surface area contributed by atoms with Crippen molar-refractivity contribution in [2.75, 3.05) is 20.8 Å². The molecule has 0 heterocycles. The highest BCUT2D eigenvalue weighted by Crippen LogP contribution is 2.26. The van der Waals surface area contributed by atoms with Crippen molar-refractivity contribution in [1.82, 2.24) is 0 Å². The minimum absolute atomic E-state index is 0.524. The monoisotopic (exact) mass is 196 g/mol. The van der Waals surface area contributed by atoms with Crippen molar-refractivity contribution in [3.05, 3.63) is 35.9 Å². The van der Waals surface area contributed by atoms with Crippen LogP contribution in [-0.4, -0.2) is 20.8 Å². The maximum atomic E-state index is 5.47. The van der Waals surface area contributed by atoms with E-state index in [-0.39, 0.29) is 0 Å². The summed E-state index contributed by atoms with van der Waals surface area (Å²) in [6, 6.07) is 9.58. The van der Waals surface area contributed by atoms with E-state index in [1.165, 1.54) is 0 Å². The van der Waals surface area contributed by atoms with Crippen molar-refractivity contribution in [2.45, 2.75) is 12.9 Å². The van der Waals surface area contributed by atoms with Crippen molar-refractivity contribution in [2.24, 2.45) is 0 Å². The molecule has 0 saturated carbocycles. The van der Waals surface area contributed by atoms with Crippen LogP contribution in [0.4, 0.5) is 0 Å². The highest BCUT2D eigenvalue weighted by Gasteiger charge is 2.32. The fraction of sp³-hybridized carbons (Fsp3) is 0.455. The van der Waals surface area contributed by atoms with Gasteiger partial charge < -0.3 is 14.2 Å². The lowest BCUT2D eigenvalue weighted by molar-refractivity contribution is -0.373. The van der Waals surface area contributed by atoms with Gasteiger partial charge in [-0.25, -0.2) is 0 Å². The lowest BCUT2D eigenvalue weighted by atomic mass is 10.2. The van der Waals surface area contributed by atoms with Crippen molar-refractivity contribution in [3.63, 3.8) is 0 Å². The predicted molar refractivity (Wildman–Crippen MR) is 53.8 cm³/mol. The van der Waals surface area contributed by atoms with E-state index in [1.54, 1.807) is 14.2 Å². The van der Waals surface area contributed by atoms with Crippen LogP contribution < -0.4 is 0 Å². The summed E-state index contributed by atoms with van der Waals surface area (Å²) in [6.07, 6.45) is 0. The standard InChI is InChI=1S/C11H16O3/c1-4-14-11(12-2,13-3)10-8-6-5-7-9-10/h5-9H,4H2,1-3H3. The Labute approximate surface area is 84.6 Å². The van der Waals surface area contributed by atoms with E-state index >= 15 is 0 Å².